The molecule has 12 heteroatoms. The minimum atomic E-state index is -0.744. The Bertz CT molecular complexity index is 829. The van der Waals surface area contributed by atoms with Gasteiger partial charge in [-0.15, -0.1) is 0 Å². The molecule has 0 atom stereocenters. The molecule has 0 unspecified atom stereocenters. The molecule has 1 heterocycles. The molecule has 1 aromatic carbocycles. The van der Waals surface area contributed by atoms with Gasteiger partial charge in [0.05, 0.1) is 17.2 Å². The molecular formula is C12H11N7O5. The topological polar surface area (TPSA) is 158 Å². The molecule has 1 aromatic heterocycles. The highest BCUT2D eigenvalue weighted by molar-refractivity contribution is 5.98. The lowest BCUT2D eigenvalue weighted by Gasteiger charge is -2.02. The second kappa shape index (κ2) is 7.04. The fourth-order valence-electron chi connectivity index (χ4n) is 1.75. The van der Waals surface area contributed by atoms with Crippen LogP contribution in [0, 0.1) is 20.2 Å². The number of nitrogens with one attached hydrogen (secondary N) is 1. The standard InChI is InChI=1S/C12H11N7O5/c1-8(6-17-7-13-12(16-17)19(23)24)14-15-11(20)9-4-2-3-5-10(9)18(21)22/h2-5,7H,6H2,1H3,(H,15,20)/b14-8-. The summed E-state index contributed by atoms with van der Waals surface area (Å²) in [5, 5.41) is 28.7. The third kappa shape index (κ3) is 3.94. The lowest BCUT2D eigenvalue weighted by molar-refractivity contribution is -0.394. The molecule has 0 fully saturated rings. The minimum Gasteiger partial charge on any atom is -0.390 e. The Kier molecular flexibility index (Phi) is 4.89. The normalized spacial score (nSPS) is 11.1. The van der Waals surface area contributed by atoms with Crippen LogP contribution < -0.4 is 5.43 Å². The van der Waals surface area contributed by atoms with Gasteiger partial charge in [0.2, 0.25) is 6.33 Å². The molecule has 12 nitrogen and oxygen atoms in total. The van der Waals surface area contributed by atoms with Gasteiger partial charge in [-0.2, -0.15) is 9.78 Å². The molecular weight excluding hydrogens is 322 g/mol. The first-order valence-electron chi connectivity index (χ1n) is 6.49. The van der Waals surface area contributed by atoms with E-state index in [0.29, 0.717) is 5.71 Å². The van der Waals surface area contributed by atoms with E-state index in [2.05, 4.69) is 20.6 Å². The zero-order valence-electron chi connectivity index (χ0n) is 12.3. The highest BCUT2D eigenvalue weighted by atomic mass is 16.6. The number of nitro benzene ring substituents is 1. The summed E-state index contributed by atoms with van der Waals surface area (Å²) >= 11 is 0. The zero-order chi connectivity index (χ0) is 17.7. The number of carbonyl (C=O) groups excluding carboxylic acids is 1. The van der Waals surface area contributed by atoms with Crippen molar-refractivity contribution in [1.82, 2.24) is 20.2 Å². The summed E-state index contributed by atoms with van der Waals surface area (Å²) in [7, 11) is 0. The average molecular weight is 333 g/mol. The van der Waals surface area contributed by atoms with Crippen LogP contribution >= 0.6 is 0 Å². The highest BCUT2D eigenvalue weighted by Gasteiger charge is 2.19. The van der Waals surface area contributed by atoms with Gasteiger partial charge in [-0.3, -0.25) is 14.9 Å². The van der Waals surface area contributed by atoms with Crippen molar-refractivity contribution in [2.45, 2.75) is 13.5 Å². The van der Waals surface area contributed by atoms with Gasteiger partial charge in [0.15, 0.2) is 0 Å². The molecule has 0 bridgehead atoms. The van der Waals surface area contributed by atoms with E-state index in [0.717, 1.165) is 6.33 Å². The predicted molar refractivity (Wildman–Crippen MR) is 80.3 cm³/mol. The van der Waals surface area contributed by atoms with Crippen molar-refractivity contribution in [3.05, 3.63) is 56.4 Å². The number of carbonyl (C=O) groups is 1. The first kappa shape index (κ1) is 16.7. The van der Waals surface area contributed by atoms with Crippen molar-refractivity contribution in [2.75, 3.05) is 0 Å². The number of aromatic nitrogens is 3. The Hall–Kier alpha value is -3.70. The summed E-state index contributed by atoms with van der Waals surface area (Å²) in [6.45, 7) is 1.60. The number of amides is 1. The van der Waals surface area contributed by atoms with Gasteiger partial charge in [-0.05, 0) is 17.9 Å². The molecule has 2 rings (SSSR count). The van der Waals surface area contributed by atoms with E-state index in [9.17, 15) is 25.0 Å². The number of hydrogen-bond acceptors (Lipinski definition) is 8. The first-order valence-corrected chi connectivity index (χ1v) is 6.49. The van der Waals surface area contributed by atoms with E-state index in [1.54, 1.807) is 6.92 Å². The van der Waals surface area contributed by atoms with Gasteiger partial charge < -0.3 is 10.1 Å². The Morgan fingerprint density at radius 1 is 1.29 bits per heavy atom. The molecule has 124 valence electrons. The monoisotopic (exact) mass is 333 g/mol. The van der Waals surface area contributed by atoms with Gasteiger partial charge in [0.25, 0.3) is 11.6 Å². The summed E-state index contributed by atoms with van der Waals surface area (Å²) in [5.41, 5.74) is 2.09. The predicted octanol–water partition coefficient (Wildman–Crippen LogP) is 0.900. The second-order valence-electron chi connectivity index (χ2n) is 4.56. The Balaban J connectivity index is 2.05. The fourth-order valence-corrected chi connectivity index (χ4v) is 1.75. The molecule has 0 aliphatic rings. The van der Waals surface area contributed by atoms with Crippen molar-refractivity contribution >= 4 is 23.3 Å². The molecule has 1 N–H and O–H groups in total. The quantitative estimate of drug-likeness (QED) is 0.467. The highest BCUT2D eigenvalue weighted by Crippen LogP contribution is 2.17. The van der Waals surface area contributed by atoms with Crippen molar-refractivity contribution in [3.63, 3.8) is 0 Å². The van der Waals surface area contributed by atoms with Crippen LogP contribution in [0.5, 0.6) is 0 Å². The van der Waals surface area contributed by atoms with E-state index in [-0.39, 0.29) is 17.8 Å². The van der Waals surface area contributed by atoms with Crippen LogP contribution in [0.25, 0.3) is 0 Å². The molecule has 1 amide bonds. The van der Waals surface area contributed by atoms with Gasteiger partial charge in [-0.1, -0.05) is 17.1 Å². The van der Waals surface area contributed by atoms with Crippen molar-refractivity contribution in [3.8, 4) is 0 Å². The van der Waals surface area contributed by atoms with Gasteiger partial charge in [0.1, 0.15) is 5.56 Å². The third-order valence-electron chi connectivity index (χ3n) is 2.77. The van der Waals surface area contributed by atoms with Gasteiger partial charge >= 0.3 is 5.95 Å². The van der Waals surface area contributed by atoms with Crippen LogP contribution in [-0.4, -0.2) is 36.2 Å². The van der Waals surface area contributed by atoms with Crippen LogP contribution in [0.2, 0.25) is 0 Å². The fraction of sp³-hybridized carbons (Fsp3) is 0.167. The van der Waals surface area contributed by atoms with Crippen LogP contribution in [0.1, 0.15) is 17.3 Å². The van der Waals surface area contributed by atoms with Crippen LogP contribution in [-0.2, 0) is 6.54 Å². The van der Waals surface area contributed by atoms with E-state index in [4.69, 9.17) is 0 Å². The molecule has 24 heavy (non-hydrogen) atoms. The average Bonchev–Trinajstić information content (AvgIpc) is 3.01. The van der Waals surface area contributed by atoms with Gasteiger partial charge in [-0.25, -0.2) is 5.43 Å². The molecule has 0 saturated heterocycles. The van der Waals surface area contributed by atoms with E-state index in [1.807, 2.05) is 0 Å². The lowest BCUT2D eigenvalue weighted by atomic mass is 10.2. The van der Waals surface area contributed by atoms with Gasteiger partial charge in [0, 0.05) is 11.2 Å². The number of hydrogen-bond donors (Lipinski definition) is 1. The maximum absolute atomic E-state index is 12.0. The van der Waals surface area contributed by atoms with E-state index >= 15 is 0 Å². The second-order valence-corrected chi connectivity index (χ2v) is 4.56. The third-order valence-corrected chi connectivity index (χ3v) is 2.77. The molecule has 0 radical (unpaired) electrons. The first-order chi connectivity index (χ1) is 11.4. The van der Waals surface area contributed by atoms with E-state index in [1.165, 1.54) is 28.9 Å². The maximum Gasteiger partial charge on any atom is 0.490 e. The van der Waals surface area contributed by atoms with Crippen LogP contribution in [0.4, 0.5) is 11.6 Å². The minimum absolute atomic E-state index is 0.0536. The molecule has 0 saturated carbocycles. The number of benzene rings is 1. The van der Waals surface area contributed by atoms with Crippen molar-refractivity contribution < 1.29 is 14.6 Å². The summed E-state index contributed by atoms with van der Waals surface area (Å²) in [6.07, 6.45) is 1.15. The Morgan fingerprint density at radius 2 is 2.00 bits per heavy atom. The number of nitro groups is 2. The Labute approximate surface area is 134 Å². The number of hydrazone groups is 1. The largest absolute Gasteiger partial charge is 0.490 e. The Morgan fingerprint density at radius 3 is 2.62 bits per heavy atom. The lowest BCUT2D eigenvalue weighted by Crippen LogP contribution is -2.21. The van der Waals surface area contributed by atoms with E-state index < -0.39 is 21.7 Å². The summed E-state index contributed by atoms with van der Waals surface area (Å²) in [6, 6.07) is 5.45. The summed E-state index contributed by atoms with van der Waals surface area (Å²) in [4.78, 5) is 35.4. The SMILES string of the molecule is C/C(Cn1cnc([N+](=O)[O-])n1)=N/NC(=O)c1ccccc1[N+](=O)[O-]. The number of rotatable bonds is 6. The molecule has 0 aliphatic carbocycles. The molecule has 0 spiro atoms. The van der Waals surface area contributed by atoms with Crippen LogP contribution in [0.3, 0.4) is 0 Å². The maximum atomic E-state index is 12.0. The smallest absolute Gasteiger partial charge is 0.390 e. The van der Waals surface area contributed by atoms with Crippen molar-refractivity contribution in [2.24, 2.45) is 5.10 Å². The summed E-state index contributed by atoms with van der Waals surface area (Å²) < 4.78 is 1.17. The molecule has 2 aromatic rings. The number of para-hydroxylation sites is 1. The summed E-state index contributed by atoms with van der Waals surface area (Å²) in [5.74, 6) is -1.29. The zero-order valence-corrected chi connectivity index (χ0v) is 12.3. The van der Waals surface area contributed by atoms with Crippen molar-refractivity contribution in [1.29, 1.82) is 0 Å². The number of nitrogens with zero attached hydrogens (tertiary/aromatic N) is 6. The van der Waals surface area contributed by atoms with Crippen LogP contribution in [0.15, 0.2) is 35.7 Å². The molecule has 0 aliphatic heterocycles.